The largest absolute Gasteiger partial charge is 0.364 e. The van der Waals surface area contributed by atoms with E-state index >= 15 is 0 Å². The number of aromatic nitrogens is 1. The summed E-state index contributed by atoms with van der Waals surface area (Å²) in [4.78, 5) is 16.4. The Morgan fingerprint density at radius 1 is 1.22 bits per heavy atom. The predicted molar refractivity (Wildman–Crippen MR) is 87.4 cm³/mol. The molecule has 1 aromatic heterocycles. The van der Waals surface area contributed by atoms with Crippen LogP contribution in [0.1, 0.15) is 90.9 Å². The van der Waals surface area contributed by atoms with Gasteiger partial charge in [0.05, 0.1) is 11.8 Å². The van der Waals surface area contributed by atoms with Crippen LogP contribution in [0.2, 0.25) is 5.82 Å². The van der Waals surface area contributed by atoms with E-state index in [2.05, 4.69) is 12.3 Å². The molecule has 5 rings (SSSR count). The second-order valence-corrected chi connectivity index (χ2v) is 7.78. The first kappa shape index (κ1) is 14.0. The second-order valence-electron chi connectivity index (χ2n) is 7.78. The van der Waals surface area contributed by atoms with E-state index in [4.69, 9.17) is 10.5 Å². The third-order valence-corrected chi connectivity index (χ3v) is 6.47. The van der Waals surface area contributed by atoms with Gasteiger partial charge in [0, 0.05) is 5.56 Å². The average Bonchev–Trinajstić information content (AvgIpc) is 3.16. The Morgan fingerprint density at radius 3 is 2.70 bits per heavy atom. The quantitative estimate of drug-likeness (QED) is 0.854. The van der Waals surface area contributed by atoms with Gasteiger partial charge in [0.1, 0.15) is 19.1 Å². The monoisotopic (exact) mass is 309 g/mol. The van der Waals surface area contributed by atoms with Crippen molar-refractivity contribution in [3.63, 3.8) is 0 Å². The molecule has 1 radical (unpaired) electrons. The Balaban J connectivity index is 1.70. The lowest BCUT2D eigenvalue weighted by Gasteiger charge is -2.46. The number of nitrogens with two attached hydrogens (primary N) is 1. The molecular weight excluding hydrogens is 287 g/mol. The first-order valence-electron chi connectivity index (χ1n) is 9.03. The number of carbonyl (C=O) groups is 1. The van der Waals surface area contributed by atoms with E-state index in [1.54, 1.807) is 0 Å². The van der Waals surface area contributed by atoms with Crippen LogP contribution in [-0.4, -0.2) is 18.2 Å². The maximum absolute atomic E-state index is 11.8. The number of primary amides is 1. The molecule has 4 aliphatic rings. The number of ether oxygens (including phenoxy) is 1. The number of rotatable bonds is 2. The van der Waals surface area contributed by atoms with Gasteiger partial charge in [-0.1, -0.05) is 44.3 Å². The summed E-state index contributed by atoms with van der Waals surface area (Å²) in [5.41, 5.74) is 9.61. The minimum Gasteiger partial charge on any atom is -0.364 e. The van der Waals surface area contributed by atoms with Crippen LogP contribution in [-0.2, 0) is 10.1 Å². The predicted octanol–water partition coefficient (Wildman–Crippen LogP) is 3.14. The van der Waals surface area contributed by atoms with Crippen molar-refractivity contribution in [3.8, 4) is 0 Å². The fourth-order valence-electron chi connectivity index (χ4n) is 5.52. The van der Waals surface area contributed by atoms with Gasteiger partial charge in [-0.2, -0.15) is 0 Å². The molecular formula is C18H22BN2O2. The molecule has 2 N–H and O–H groups in total. The van der Waals surface area contributed by atoms with Crippen LogP contribution in [0, 0.1) is 0 Å². The highest BCUT2D eigenvalue weighted by Gasteiger charge is 2.48. The fourth-order valence-corrected chi connectivity index (χ4v) is 5.52. The molecule has 0 aliphatic carbocycles. The van der Waals surface area contributed by atoms with E-state index in [1.807, 2.05) is 6.07 Å². The Hall–Kier alpha value is -1.36. The molecule has 3 saturated heterocycles. The highest BCUT2D eigenvalue weighted by Crippen LogP contribution is 2.56. The number of nitrogens with zero attached hydrogens (tertiary/aromatic N) is 1. The number of amides is 1. The van der Waals surface area contributed by atoms with Gasteiger partial charge in [-0.05, 0) is 29.8 Å². The number of hydrogen-bond acceptors (Lipinski definition) is 3. The number of fused-ring (bicyclic) bond motifs is 7. The summed E-state index contributed by atoms with van der Waals surface area (Å²) in [7, 11) is 2.59. The summed E-state index contributed by atoms with van der Waals surface area (Å²) in [6.07, 6.45) is 9.94. The molecule has 0 aromatic carbocycles. The van der Waals surface area contributed by atoms with Gasteiger partial charge < -0.3 is 10.5 Å². The van der Waals surface area contributed by atoms with Crippen molar-refractivity contribution in [1.29, 1.82) is 0 Å². The Morgan fingerprint density at radius 2 is 1.96 bits per heavy atom. The van der Waals surface area contributed by atoms with Crippen LogP contribution in [0.5, 0.6) is 0 Å². The van der Waals surface area contributed by atoms with Crippen LogP contribution in [0.15, 0.2) is 6.07 Å². The van der Waals surface area contributed by atoms with Gasteiger partial charge in [-0.25, -0.2) is 4.98 Å². The molecule has 0 saturated carbocycles. The van der Waals surface area contributed by atoms with Gasteiger partial charge >= 0.3 is 0 Å². The SMILES string of the molecule is NC(=O)c1cc(C23[B]C(CCC2)CCC3)c2c(n1)C1CCC2O1. The third kappa shape index (κ3) is 1.95. The van der Waals surface area contributed by atoms with E-state index in [-0.39, 0.29) is 17.5 Å². The van der Waals surface area contributed by atoms with E-state index in [1.165, 1.54) is 49.7 Å². The Kier molecular flexibility index (Phi) is 2.94. The standard InChI is InChI=1S/C18H22BN2O2/c20-17(22)12-9-11(15-13-5-6-14(23-13)16(15)21-12)18-7-1-3-10(19-18)4-2-8-18/h9-10,13-14H,1-8H2,(H2,20,22). The zero-order valence-corrected chi connectivity index (χ0v) is 13.4. The van der Waals surface area contributed by atoms with Crippen molar-refractivity contribution in [1.82, 2.24) is 4.98 Å². The van der Waals surface area contributed by atoms with Crippen molar-refractivity contribution in [2.75, 3.05) is 0 Å². The lowest BCUT2D eigenvalue weighted by atomic mass is 9.34. The van der Waals surface area contributed by atoms with Crippen molar-refractivity contribution >= 4 is 13.2 Å². The van der Waals surface area contributed by atoms with Crippen molar-refractivity contribution in [3.05, 3.63) is 28.6 Å². The third-order valence-electron chi connectivity index (χ3n) is 6.47. The van der Waals surface area contributed by atoms with Crippen LogP contribution >= 0.6 is 0 Å². The summed E-state index contributed by atoms with van der Waals surface area (Å²) in [6.45, 7) is 0. The highest BCUT2D eigenvalue weighted by atomic mass is 16.5. The molecule has 23 heavy (non-hydrogen) atoms. The van der Waals surface area contributed by atoms with Gasteiger partial charge in [0.15, 0.2) is 0 Å². The first-order valence-corrected chi connectivity index (χ1v) is 9.03. The second kappa shape index (κ2) is 4.82. The number of carbonyl (C=O) groups excluding carboxylic acids is 1. The molecule has 2 unspecified atom stereocenters. The van der Waals surface area contributed by atoms with Gasteiger partial charge in [0.25, 0.3) is 5.91 Å². The van der Waals surface area contributed by atoms with Gasteiger partial charge in [-0.3, -0.25) is 4.79 Å². The van der Waals surface area contributed by atoms with Crippen LogP contribution in [0.4, 0.5) is 0 Å². The molecule has 1 aromatic rings. The Labute approximate surface area is 137 Å². The zero-order chi connectivity index (χ0) is 15.6. The summed E-state index contributed by atoms with van der Waals surface area (Å²) in [6, 6.07) is 2.00. The maximum Gasteiger partial charge on any atom is 0.267 e. The van der Waals surface area contributed by atoms with Gasteiger partial charge in [-0.15, -0.1) is 0 Å². The maximum atomic E-state index is 11.8. The van der Waals surface area contributed by atoms with Crippen molar-refractivity contribution in [2.24, 2.45) is 5.73 Å². The summed E-state index contributed by atoms with van der Waals surface area (Å²) in [5, 5.41) is 0.117. The fraction of sp³-hybridized carbons (Fsp3) is 0.667. The highest BCUT2D eigenvalue weighted by molar-refractivity contribution is 6.43. The normalized spacial score (nSPS) is 37.3. The molecule has 5 heterocycles. The van der Waals surface area contributed by atoms with Crippen molar-refractivity contribution in [2.45, 2.75) is 74.7 Å². The van der Waals surface area contributed by atoms with Gasteiger partial charge in [0.2, 0.25) is 0 Å². The van der Waals surface area contributed by atoms with Crippen LogP contribution in [0.25, 0.3) is 0 Å². The molecule has 4 aliphatic heterocycles. The number of hydrogen-bond donors (Lipinski definition) is 1. The molecule has 5 heteroatoms. The first-order chi connectivity index (χ1) is 11.2. The lowest BCUT2D eigenvalue weighted by molar-refractivity contribution is 0.0697. The summed E-state index contributed by atoms with van der Waals surface area (Å²) in [5.74, 6) is 0.314. The van der Waals surface area contributed by atoms with E-state index in [0.29, 0.717) is 5.69 Å². The molecule has 1 amide bonds. The van der Waals surface area contributed by atoms with Crippen LogP contribution < -0.4 is 5.73 Å². The minimum absolute atomic E-state index is 0.0763. The Bertz CT molecular complexity index is 680. The van der Waals surface area contributed by atoms with E-state index in [9.17, 15) is 4.79 Å². The smallest absolute Gasteiger partial charge is 0.267 e. The van der Waals surface area contributed by atoms with E-state index < -0.39 is 5.91 Å². The molecule has 2 atom stereocenters. The number of pyridine rings is 1. The molecule has 4 nitrogen and oxygen atoms in total. The minimum atomic E-state index is -0.420. The average molecular weight is 309 g/mol. The molecule has 0 spiro atoms. The summed E-state index contributed by atoms with van der Waals surface area (Å²) >= 11 is 0. The van der Waals surface area contributed by atoms with Crippen molar-refractivity contribution < 1.29 is 9.53 Å². The lowest BCUT2D eigenvalue weighted by Crippen LogP contribution is -2.43. The molecule has 3 fully saturated rings. The van der Waals surface area contributed by atoms with E-state index in [0.717, 1.165) is 24.4 Å². The van der Waals surface area contributed by atoms with Crippen LogP contribution in [0.3, 0.4) is 0 Å². The summed E-state index contributed by atoms with van der Waals surface area (Å²) < 4.78 is 6.11. The molecule has 119 valence electrons. The molecule has 4 bridgehead atoms. The topological polar surface area (TPSA) is 65.2 Å². The zero-order valence-electron chi connectivity index (χ0n) is 13.4.